The second-order valence-electron chi connectivity index (χ2n) is 7.37. The van der Waals surface area contributed by atoms with E-state index in [1.54, 1.807) is 31.4 Å². The number of hydrogen-bond acceptors (Lipinski definition) is 7. The molecule has 0 aliphatic heterocycles. The molecule has 1 aromatic heterocycles. The molecule has 10 nitrogen and oxygen atoms in total. The Balaban J connectivity index is 1.96. The molecule has 3 amide bonds. The Kier molecular flexibility index (Phi) is 10.2. The number of carbonyl (C=O) groups excluding carboxylic acids is 3. The minimum Gasteiger partial charge on any atom is -0.497 e. The Hall–Kier alpha value is -3.53. The molecular formula is C23H31N3O7. The van der Waals surface area contributed by atoms with Crippen molar-refractivity contribution in [2.45, 2.75) is 32.6 Å². The topological polar surface area (TPSA) is 130 Å². The predicted molar refractivity (Wildman–Crippen MR) is 120 cm³/mol. The van der Waals surface area contributed by atoms with E-state index in [4.69, 9.17) is 13.9 Å². The summed E-state index contributed by atoms with van der Waals surface area (Å²) in [5.41, 5.74) is 0.628. The van der Waals surface area contributed by atoms with Crippen LogP contribution in [0.1, 0.15) is 43.2 Å². The number of carbonyl (C=O) groups is 3. The first-order valence-corrected chi connectivity index (χ1v) is 10.7. The van der Waals surface area contributed by atoms with Crippen LogP contribution in [-0.2, 0) is 9.59 Å². The number of nitrogens with one attached hydrogen (secondary N) is 2. The molecule has 0 aliphatic carbocycles. The van der Waals surface area contributed by atoms with Crippen molar-refractivity contribution >= 4 is 18.2 Å². The number of ether oxygens (including phenoxy) is 2. The summed E-state index contributed by atoms with van der Waals surface area (Å²) in [5, 5.41) is 15.1. The maximum atomic E-state index is 12.5. The molecule has 1 unspecified atom stereocenters. The number of hydrogen-bond donors (Lipinski definition) is 3. The van der Waals surface area contributed by atoms with Gasteiger partial charge in [0, 0.05) is 0 Å². The molecule has 0 radical (unpaired) electrons. The van der Waals surface area contributed by atoms with Crippen molar-refractivity contribution in [1.29, 1.82) is 0 Å². The number of benzene rings is 1. The molecule has 0 saturated heterocycles. The summed E-state index contributed by atoms with van der Waals surface area (Å²) in [7, 11) is 3.08. The van der Waals surface area contributed by atoms with Crippen molar-refractivity contribution in [1.82, 2.24) is 15.7 Å². The number of furan rings is 1. The molecule has 1 aromatic carbocycles. The summed E-state index contributed by atoms with van der Waals surface area (Å²) in [6, 6.07) is 8.39. The van der Waals surface area contributed by atoms with Gasteiger partial charge in [-0.15, -0.1) is 0 Å². The van der Waals surface area contributed by atoms with Crippen molar-refractivity contribution in [3.8, 4) is 22.8 Å². The Morgan fingerprint density at radius 3 is 2.61 bits per heavy atom. The molecular weight excluding hydrogens is 430 g/mol. The lowest BCUT2D eigenvalue weighted by molar-refractivity contribution is -0.154. The summed E-state index contributed by atoms with van der Waals surface area (Å²) in [6.07, 6.45) is 3.48. The molecule has 2 rings (SSSR count). The molecule has 3 N–H and O–H groups in total. The molecule has 0 bridgehead atoms. The molecule has 2 aromatic rings. The van der Waals surface area contributed by atoms with Crippen LogP contribution in [0.3, 0.4) is 0 Å². The first kappa shape index (κ1) is 25.7. The van der Waals surface area contributed by atoms with Crippen LogP contribution in [0.5, 0.6) is 11.5 Å². The summed E-state index contributed by atoms with van der Waals surface area (Å²) in [6.45, 7) is 1.79. The van der Waals surface area contributed by atoms with Gasteiger partial charge in [0.2, 0.25) is 12.3 Å². The zero-order chi connectivity index (χ0) is 24.2. The van der Waals surface area contributed by atoms with E-state index < -0.39 is 11.8 Å². The van der Waals surface area contributed by atoms with Gasteiger partial charge < -0.3 is 24.5 Å². The van der Waals surface area contributed by atoms with E-state index >= 15 is 0 Å². The zero-order valence-electron chi connectivity index (χ0n) is 19.1. The number of hydroxylamine groups is 2. The van der Waals surface area contributed by atoms with E-state index in [9.17, 15) is 19.6 Å². The van der Waals surface area contributed by atoms with Crippen molar-refractivity contribution < 1.29 is 33.5 Å². The van der Waals surface area contributed by atoms with Gasteiger partial charge in [0.05, 0.1) is 38.9 Å². The first-order valence-electron chi connectivity index (χ1n) is 10.7. The fraction of sp³-hybridized carbons (Fsp3) is 0.435. The molecule has 1 atom stereocenters. The molecule has 0 fully saturated rings. The van der Waals surface area contributed by atoms with Gasteiger partial charge in [0.15, 0.2) is 5.76 Å². The fourth-order valence-electron chi connectivity index (χ4n) is 3.27. The number of rotatable bonds is 14. The standard InChI is InChI=1S/C23H31N3O7/c1-4-5-6-7-16(13-26(30)15-27)22(28)24-14-25-23(29)21-11-10-20(33-21)18-12-17(31-2)8-9-19(18)32-3/h8-12,15-16,30H,4-7,13-14H2,1-3H3,(H,24,28)(H,25,29). The summed E-state index contributed by atoms with van der Waals surface area (Å²) >= 11 is 0. The highest BCUT2D eigenvalue weighted by molar-refractivity contribution is 5.92. The molecule has 1 heterocycles. The van der Waals surface area contributed by atoms with E-state index in [1.807, 2.05) is 6.92 Å². The van der Waals surface area contributed by atoms with Gasteiger partial charge in [-0.05, 0) is 36.8 Å². The van der Waals surface area contributed by atoms with Gasteiger partial charge in [-0.25, -0.2) is 5.06 Å². The molecule has 10 heteroatoms. The van der Waals surface area contributed by atoms with E-state index in [-0.39, 0.29) is 31.3 Å². The first-order chi connectivity index (χ1) is 15.9. The van der Waals surface area contributed by atoms with Crippen LogP contribution < -0.4 is 20.1 Å². The lowest BCUT2D eigenvalue weighted by atomic mass is 10.0. The van der Waals surface area contributed by atoms with Crippen molar-refractivity contribution in [3.05, 3.63) is 36.1 Å². The van der Waals surface area contributed by atoms with Crippen molar-refractivity contribution in [2.75, 3.05) is 27.4 Å². The van der Waals surface area contributed by atoms with Crippen LogP contribution in [0.4, 0.5) is 0 Å². The second-order valence-corrected chi connectivity index (χ2v) is 7.37. The Labute approximate surface area is 192 Å². The minimum absolute atomic E-state index is 0.0612. The summed E-state index contributed by atoms with van der Waals surface area (Å²) < 4.78 is 16.3. The monoisotopic (exact) mass is 461 g/mol. The SMILES string of the molecule is CCCCCC(CN(O)C=O)C(=O)NCNC(=O)c1ccc(-c2cc(OC)ccc2OC)o1. The second kappa shape index (κ2) is 13.1. The number of methoxy groups -OCH3 is 2. The van der Waals surface area contributed by atoms with Gasteiger partial charge in [0.25, 0.3) is 5.91 Å². The van der Waals surface area contributed by atoms with Crippen molar-refractivity contribution in [3.63, 3.8) is 0 Å². The third kappa shape index (κ3) is 7.53. The third-order valence-electron chi connectivity index (χ3n) is 5.07. The van der Waals surface area contributed by atoms with Gasteiger partial charge in [-0.2, -0.15) is 0 Å². The van der Waals surface area contributed by atoms with Crippen LogP contribution in [0.2, 0.25) is 0 Å². The normalized spacial score (nSPS) is 11.4. The van der Waals surface area contributed by atoms with Gasteiger partial charge >= 0.3 is 0 Å². The van der Waals surface area contributed by atoms with E-state index in [1.165, 1.54) is 13.2 Å². The highest BCUT2D eigenvalue weighted by atomic mass is 16.5. The van der Waals surface area contributed by atoms with E-state index in [0.717, 1.165) is 19.3 Å². The molecule has 0 spiro atoms. The number of nitrogens with zero attached hydrogens (tertiary/aromatic N) is 1. The van der Waals surface area contributed by atoms with E-state index in [2.05, 4.69) is 10.6 Å². The van der Waals surface area contributed by atoms with E-state index in [0.29, 0.717) is 34.3 Å². The quantitative estimate of drug-likeness (QED) is 0.130. The van der Waals surface area contributed by atoms with Crippen LogP contribution in [0.25, 0.3) is 11.3 Å². The average Bonchev–Trinajstić information content (AvgIpc) is 3.33. The number of amides is 3. The van der Waals surface area contributed by atoms with Crippen LogP contribution in [-0.4, -0.2) is 55.9 Å². The average molecular weight is 462 g/mol. The Bertz CT molecular complexity index is 929. The molecule has 0 aliphatic rings. The number of unbranched alkanes of at least 4 members (excludes halogenated alkanes) is 2. The third-order valence-corrected chi connectivity index (χ3v) is 5.07. The summed E-state index contributed by atoms with van der Waals surface area (Å²) in [5.74, 6) is 0.196. The zero-order valence-corrected chi connectivity index (χ0v) is 19.1. The minimum atomic E-state index is -0.584. The highest BCUT2D eigenvalue weighted by Crippen LogP contribution is 2.34. The lowest BCUT2D eigenvalue weighted by Crippen LogP contribution is -2.42. The van der Waals surface area contributed by atoms with Crippen molar-refractivity contribution in [2.24, 2.45) is 5.92 Å². The van der Waals surface area contributed by atoms with Crippen LogP contribution >= 0.6 is 0 Å². The highest BCUT2D eigenvalue weighted by Gasteiger charge is 2.21. The van der Waals surface area contributed by atoms with Gasteiger partial charge in [-0.1, -0.05) is 26.2 Å². The molecule has 180 valence electrons. The fourth-order valence-corrected chi connectivity index (χ4v) is 3.27. The molecule has 0 saturated carbocycles. The smallest absolute Gasteiger partial charge is 0.288 e. The predicted octanol–water partition coefficient (Wildman–Crippen LogP) is 2.81. The summed E-state index contributed by atoms with van der Waals surface area (Å²) in [4.78, 5) is 35.6. The largest absolute Gasteiger partial charge is 0.497 e. The Morgan fingerprint density at radius 2 is 1.94 bits per heavy atom. The maximum absolute atomic E-state index is 12.5. The lowest BCUT2D eigenvalue weighted by Gasteiger charge is -2.19. The maximum Gasteiger partial charge on any atom is 0.288 e. The van der Waals surface area contributed by atoms with Gasteiger partial charge in [-0.3, -0.25) is 19.6 Å². The van der Waals surface area contributed by atoms with Gasteiger partial charge in [0.1, 0.15) is 17.3 Å². The Morgan fingerprint density at radius 1 is 1.15 bits per heavy atom. The van der Waals surface area contributed by atoms with Crippen LogP contribution in [0.15, 0.2) is 34.7 Å². The van der Waals surface area contributed by atoms with Crippen LogP contribution in [0, 0.1) is 5.92 Å². The molecule has 33 heavy (non-hydrogen) atoms.